The van der Waals surface area contributed by atoms with Crippen LogP contribution < -0.4 is 4.74 Å². The summed E-state index contributed by atoms with van der Waals surface area (Å²) in [6.45, 7) is 9.81. The number of allylic oxidation sites excluding steroid dienone is 3. The summed E-state index contributed by atoms with van der Waals surface area (Å²) in [5.74, 6) is 0.418. The Labute approximate surface area is 172 Å². The van der Waals surface area contributed by atoms with E-state index in [-0.39, 0.29) is 22.7 Å². The second-order valence-electron chi connectivity index (χ2n) is 6.94. The van der Waals surface area contributed by atoms with Crippen LogP contribution in [0.25, 0.3) is 6.08 Å². The van der Waals surface area contributed by atoms with Crippen molar-refractivity contribution in [3.63, 3.8) is 0 Å². The maximum atomic E-state index is 12.5. The van der Waals surface area contributed by atoms with Crippen molar-refractivity contribution in [2.24, 2.45) is 0 Å². The predicted molar refractivity (Wildman–Crippen MR) is 118 cm³/mol. The number of ether oxygens (including phenoxy) is 1. The Kier molecular flexibility index (Phi) is 7.43. The van der Waals surface area contributed by atoms with Gasteiger partial charge in [-0.3, -0.25) is 4.79 Å². The van der Waals surface area contributed by atoms with Crippen LogP contribution in [0.1, 0.15) is 47.7 Å². The smallest absolute Gasteiger partial charge is 0.185 e. The molecular weight excluding hydrogens is 364 g/mol. The average Bonchev–Trinajstić information content (AvgIpc) is 2.72. The number of phenols is 2. The first-order chi connectivity index (χ1) is 13.9. The Hall–Kier alpha value is -3.27. The third kappa shape index (κ3) is 4.77. The number of hydrogen-bond donors (Lipinski definition) is 2. The number of benzene rings is 2. The summed E-state index contributed by atoms with van der Waals surface area (Å²) >= 11 is 0. The van der Waals surface area contributed by atoms with E-state index in [1.54, 1.807) is 24.3 Å². The van der Waals surface area contributed by atoms with Crippen molar-refractivity contribution in [3.05, 3.63) is 84.5 Å². The summed E-state index contributed by atoms with van der Waals surface area (Å²) in [6.07, 6.45) is 8.81. The van der Waals surface area contributed by atoms with Crippen molar-refractivity contribution in [1.82, 2.24) is 0 Å². The normalized spacial score (nSPS) is 11.4. The first-order valence-electron chi connectivity index (χ1n) is 9.56. The molecule has 0 saturated heterocycles. The zero-order chi connectivity index (χ0) is 21.4. The molecule has 0 amide bonds. The van der Waals surface area contributed by atoms with Crippen molar-refractivity contribution >= 4 is 11.9 Å². The fraction of sp³-hybridized carbons (Fsp3) is 0.240. The van der Waals surface area contributed by atoms with Gasteiger partial charge in [-0.2, -0.15) is 0 Å². The standard InChI is InChI=1S/C25H28O4/c1-5-16-25(7-3,17-6-2)21-13-15-23(29-4)20(24(21)28)12-14-22(27)18-8-10-19(26)11-9-18/h5-6,8-15,26,28H,1-2,7,16-17H2,3-4H3/b14-12+. The number of ketones is 1. The summed E-state index contributed by atoms with van der Waals surface area (Å²) in [4.78, 5) is 12.5. The van der Waals surface area contributed by atoms with E-state index in [2.05, 4.69) is 20.1 Å². The van der Waals surface area contributed by atoms with Crippen LogP contribution in [0.4, 0.5) is 0 Å². The van der Waals surface area contributed by atoms with Crippen LogP contribution in [0.3, 0.4) is 0 Å². The molecule has 0 spiro atoms. The highest BCUT2D eigenvalue weighted by Crippen LogP contribution is 2.44. The van der Waals surface area contributed by atoms with E-state index in [4.69, 9.17) is 4.74 Å². The average molecular weight is 392 g/mol. The predicted octanol–water partition coefficient (Wildman–Crippen LogP) is 5.80. The molecule has 2 aromatic carbocycles. The molecule has 2 aromatic rings. The second kappa shape index (κ2) is 9.78. The zero-order valence-corrected chi connectivity index (χ0v) is 17.0. The Morgan fingerprint density at radius 2 is 1.69 bits per heavy atom. The number of rotatable bonds is 10. The molecule has 0 unspecified atom stereocenters. The monoisotopic (exact) mass is 392 g/mol. The van der Waals surface area contributed by atoms with Crippen LogP contribution in [0.5, 0.6) is 17.2 Å². The van der Waals surface area contributed by atoms with Gasteiger partial charge in [-0.25, -0.2) is 0 Å². The molecule has 0 heterocycles. The van der Waals surface area contributed by atoms with Crippen molar-refractivity contribution in [2.75, 3.05) is 7.11 Å². The van der Waals surface area contributed by atoms with E-state index >= 15 is 0 Å². The largest absolute Gasteiger partial charge is 0.508 e. The fourth-order valence-electron chi connectivity index (χ4n) is 3.57. The van der Waals surface area contributed by atoms with Gasteiger partial charge in [-0.1, -0.05) is 25.1 Å². The molecular formula is C25H28O4. The van der Waals surface area contributed by atoms with Gasteiger partial charge in [0.2, 0.25) is 0 Å². The van der Waals surface area contributed by atoms with Crippen LogP contribution in [-0.4, -0.2) is 23.1 Å². The summed E-state index contributed by atoms with van der Waals surface area (Å²) in [7, 11) is 1.52. The van der Waals surface area contributed by atoms with E-state index in [0.29, 0.717) is 29.7 Å². The number of carbonyl (C=O) groups is 1. The summed E-state index contributed by atoms with van der Waals surface area (Å²) < 4.78 is 5.41. The zero-order valence-electron chi connectivity index (χ0n) is 17.0. The lowest BCUT2D eigenvalue weighted by atomic mass is 9.72. The fourth-order valence-corrected chi connectivity index (χ4v) is 3.57. The highest BCUT2D eigenvalue weighted by atomic mass is 16.5. The molecule has 4 nitrogen and oxygen atoms in total. The topological polar surface area (TPSA) is 66.8 Å². The lowest BCUT2D eigenvalue weighted by Gasteiger charge is -2.33. The SMILES string of the molecule is C=CCC(CC)(CC=C)c1ccc(OC)c(/C=C/C(=O)c2ccc(O)cc2)c1O. The Morgan fingerprint density at radius 3 is 2.21 bits per heavy atom. The summed E-state index contributed by atoms with van der Waals surface area (Å²) in [5, 5.41) is 20.5. The van der Waals surface area contributed by atoms with E-state index in [9.17, 15) is 15.0 Å². The molecule has 0 radical (unpaired) electrons. The molecule has 0 aliphatic carbocycles. The first kappa shape index (κ1) is 22.0. The lowest BCUT2D eigenvalue weighted by molar-refractivity contribution is 0.104. The van der Waals surface area contributed by atoms with Crippen LogP contribution >= 0.6 is 0 Å². The maximum Gasteiger partial charge on any atom is 0.185 e. The Morgan fingerprint density at radius 1 is 1.07 bits per heavy atom. The highest BCUT2D eigenvalue weighted by Gasteiger charge is 2.32. The number of hydrogen-bond acceptors (Lipinski definition) is 4. The number of carbonyl (C=O) groups excluding carboxylic acids is 1. The van der Waals surface area contributed by atoms with Gasteiger partial charge in [0, 0.05) is 16.5 Å². The number of phenolic OH excluding ortho intramolecular Hbond substituents is 2. The molecule has 0 saturated carbocycles. The van der Waals surface area contributed by atoms with Gasteiger partial charge >= 0.3 is 0 Å². The molecule has 0 aliphatic heterocycles. The van der Waals surface area contributed by atoms with Crippen LogP contribution in [0.2, 0.25) is 0 Å². The summed E-state index contributed by atoms with van der Waals surface area (Å²) in [5.41, 5.74) is 1.33. The van der Waals surface area contributed by atoms with E-state index in [1.165, 1.54) is 25.3 Å². The lowest BCUT2D eigenvalue weighted by Crippen LogP contribution is -2.24. The molecule has 0 fully saturated rings. The van der Waals surface area contributed by atoms with Crippen molar-refractivity contribution in [1.29, 1.82) is 0 Å². The van der Waals surface area contributed by atoms with Crippen LogP contribution in [0, 0.1) is 0 Å². The number of aromatic hydroxyl groups is 2. The van der Waals surface area contributed by atoms with Gasteiger partial charge in [-0.15, -0.1) is 13.2 Å². The van der Waals surface area contributed by atoms with Crippen molar-refractivity contribution < 1.29 is 19.7 Å². The second-order valence-corrected chi connectivity index (χ2v) is 6.94. The molecule has 152 valence electrons. The van der Waals surface area contributed by atoms with Crippen molar-refractivity contribution in [3.8, 4) is 17.2 Å². The van der Waals surface area contributed by atoms with Gasteiger partial charge in [0.1, 0.15) is 17.2 Å². The van der Waals surface area contributed by atoms with Gasteiger partial charge in [0.15, 0.2) is 5.78 Å². The quantitative estimate of drug-likeness (QED) is 0.304. The third-order valence-corrected chi connectivity index (χ3v) is 5.27. The minimum absolute atomic E-state index is 0.0876. The highest BCUT2D eigenvalue weighted by molar-refractivity contribution is 6.07. The van der Waals surface area contributed by atoms with Gasteiger partial charge in [-0.05, 0) is 61.7 Å². The van der Waals surface area contributed by atoms with Crippen LogP contribution in [0.15, 0.2) is 67.8 Å². The molecule has 0 aromatic heterocycles. The van der Waals surface area contributed by atoms with Gasteiger partial charge in [0.05, 0.1) is 12.7 Å². The number of methoxy groups -OCH3 is 1. The molecule has 2 N–H and O–H groups in total. The Bertz CT molecular complexity index is 897. The Balaban J connectivity index is 2.52. The first-order valence-corrected chi connectivity index (χ1v) is 9.56. The molecule has 4 heteroatoms. The van der Waals surface area contributed by atoms with E-state index < -0.39 is 0 Å². The molecule has 2 rings (SSSR count). The van der Waals surface area contributed by atoms with E-state index in [1.807, 2.05) is 18.2 Å². The third-order valence-electron chi connectivity index (χ3n) is 5.27. The minimum atomic E-state index is -0.330. The van der Waals surface area contributed by atoms with Crippen LogP contribution in [-0.2, 0) is 5.41 Å². The van der Waals surface area contributed by atoms with Gasteiger partial charge in [0.25, 0.3) is 0 Å². The summed E-state index contributed by atoms with van der Waals surface area (Å²) in [6, 6.07) is 9.68. The molecule has 0 bridgehead atoms. The molecule has 0 aliphatic rings. The van der Waals surface area contributed by atoms with Crippen molar-refractivity contribution in [2.45, 2.75) is 31.6 Å². The van der Waals surface area contributed by atoms with Gasteiger partial charge < -0.3 is 14.9 Å². The minimum Gasteiger partial charge on any atom is -0.508 e. The maximum absolute atomic E-state index is 12.5. The van der Waals surface area contributed by atoms with E-state index in [0.717, 1.165) is 12.0 Å². The molecule has 29 heavy (non-hydrogen) atoms. The molecule has 0 atom stereocenters.